The van der Waals surface area contributed by atoms with Gasteiger partial charge in [-0.2, -0.15) is 4.52 Å². The van der Waals surface area contributed by atoms with Crippen LogP contribution in [0.25, 0.3) is 5.65 Å². The lowest BCUT2D eigenvalue weighted by molar-refractivity contribution is -0.133. The van der Waals surface area contributed by atoms with Gasteiger partial charge >= 0.3 is 0 Å². The minimum absolute atomic E-state index is 0.280. The third-order valence-corrected chi connectivity index (χ3v) is 6.30. The highest BCUT2D eigenvalue weighted by molar-refractivity contribution is 5.82. The maximum atomic E-state index is 14.0. The fraction of sp³-hybridized carbons (Fsp3) is 0.667. The number of nitrogens with zero attached hydrogens (tertiary/aromatic N) is 6. The fourth-order valence-electron chi connectivity index (χ4n) is 4.73. The van der Waals surface area contributed by atoms with Crippen molar-refractivity contribution in [1.29, 1.82) is 0 Å². The van der Waals surface area contributed by atoms with Gasteiger partial charge in [0.25, 0.3) is 5.91 Å². The molecule has 9 nitrogen and oxygen atoms in total. The third kappa shape index (κ3) is 2.82. The van der Waals surface area contributed by atoms with Crippen molar-refractivity contribution in [2.24, 2.45) is 11.8 Å². The fourth-order valence-corrected chi connectivity index (χ4v) is 4.73. The van der Waals surface area contributed by atoms with Crippen molar-refractivity contribution in [1.82, 2.24) is 35.3 Å². The summed E-state index contributed by atoms with van der Waals surface area (Å²) < 4.78 is 15.7. The number of halogens is 1. The van der Waals surface area contributed by atoms with E-state index in [0.717, 1.165) is 43.5 Å². The predicted octanol–water partition coefficient (Wildman–Crippen LogP) is -0.0796. The molecular weight excluding hydrogens is 363 g/mol. The summed E-state index contributed by atoms with van der Waals surface area (Å²) in [6.45, 7) is 7.39. The second kappa shape index (κ2) is 6.63. The Balaban J connectivity index is 1.26. The Hall–Kier alpha value is -2.33. The van der Waals surface area contributed by atoms with Gasteiger partial charge in [-0.15, -0.1) is 15.3 Å². The van der Waals surface area contributed by atoms with Crippen LogP contribution in [0.3, 0.4) is 0 Å². The smallest absolute Gasteiger partial charge is 0.258 e. The lowest BCUT2D eigenvalue weighted by Crippen LogP contribution is -2.67. The second-order valence-electron chi connectivity index (χ2n) is 8.08. The molecule has 3 aliphatic heterocycles. The molecule has 2 aromatic rings. The summed E-state index contributed by atoms with van der Waals surface area (Å²) in [5, 5.41) is 18.9. The number of nitrogens with one attached hydrogen (secondary N) is 2. The lowest BCUT2D eigenvalue weighted by atomic mass is 10.0. The topological polar surface area (TPSA) is 90.7 Å². The molecule has 150 valence electrons. The standard InChI is InChI=1S/C18H25FN8O/c1-3-13-16(19)17(28)21-18(20-13)26-8-11-6-25(7-12(11)9-26)15-5-4-14-23-22-10(2)27(14)24-15/h4-5,11-13,16,18,20H,3,6-9H2,1-2H3,(H,21,28). The number of hydrogen-bond donors (Lipinski definition) is 2. The Bertz CT molecular complexity index is 889. The largest absolute Gasteiger partial charge is 0.355 e. The molecule has 0 bridgehead atoms. The number of rotatable bonds is 3. The first kappa shape index (κ1) is 17.7. The molecular formula is C18H25FN8O. The molecule has 3 saturated heterocycles. The van der Waals surface area contributed by atoms with E-state index in [1.54, 1.807) is 4.52 Å². The van der Waals surface area contributed by atoms with Gasteiger partial charge in [-0.05, 0) is 37.3 Å². The van der Waals surface area contributed by atoms with Crippen LogP contribution < -0.4 is 15.5 Å². The Morgan fingerprint density at radius 2 is 1.93 bits per heavy atom. The first-order chi connectivity index (χ1) is 13.5. The molecule has 5 heterocycles. The van der Waals surface area contributed by atoms with Crippen molar-refractivity contribution >= 4 is 17.4 Å². The quantitative estimate of drug-likeness (QED) is 0.760. The molecule has 0 aliphatic carbocycles. The predicted molar refractivity (Wildman–Crippen MR) is 100 cm³/mol. The third-order valence-electron chi connectivity index (χ3n) is 6.30. The van der Waals surface area contributed by atoms with Gasteiger partial charge in [0.1, 0.15) is 12.1 Å². The molecule has 5 atom stereocenters. The number of hydrogen-bond acceptors (Lipinski definition) is 7. The van der Waals surface area contributed by atoms with E-state index in [9.17, 15) is 9.18 Å². The first-order valence-electron chi connectivity index (χ1n) is 9.92. The molecule has 28 heavy (non-hydrogen) atoms. The van der Waals surface area contributed by atoms with Gasteiger partial charge in [-0.3, -0.25) is 15.0 Å². The second-order valence-corrected chi connectivity index (χ2v) is 8.08. The highest BCUT2D eigenvalue weighted by Gasteiger charge is 2.45. The summed E-state index contributed by atoms with van der Waals surface area (Å²) in [7, 11) is 0. The molecule has 2 aromatic heterocycles. The SMILES string of the molecule is CCC1NC(N2CC3CN(c4ccc5nnc(C)n5n4)CC3C2)NC(=O)C1F. The monoisotopic (exact) mass is 388 g/mol. The molecule has 2 N–H and O–H groups in total. The number of alkyl halides is 1. The molecule has 5 unspecified atom stereocenters. The van der Waals surface area contributed by atoms with Crippen LogP contribution in [0.1, 0.15) is 19.2 Å². The van der Waals surface area contributed by atoms with Crippen molar-refractivity contribution in [3.8, 4) is 0 Å². The molecule has 5 rings (SSSR count). The molecule has 3 fully saturated rings. The number of carbonyl (C=O) groups excluding carboxylic acids is 1. The van der Waals surface area contributed by atoms with Gasteiger partial charge in [0.05, 0.1) is 6.04 Å². The van der Waals surface area contributed by atoms with Gasteiger partial charge in [0, 0.05) is 26.2 Å². The van der Waals surface area contributed by atoms with Crippen LogP contribution in [-0.4, -0.2) is 75.3 Å². The molecule has 3 aliphatic rings. The van der Waals surface area contributed by atoms with E-state index in [1.807, 2.05) is 26.0 Å². The molecule has 0 aromatic carbocycles. The Kier molecular flexibility index (Phi) is 4.20. The van der Waals surface area contributed by atoms with Crippen molar-refractivity contribution in [3.63, 3.8) is 0 Å². The number of aryl methyl sites for hydroxylation is 1. The van der Waals surface area contributed by atoms with E-state index in [0.29, 0.717) is 18.3 Å². The minimum atomic E-state index is -1.47. The van der Waals surface area contributed by atoms with Crippen LogP contribution >= 0.6 is 0 Å². The summed E-state index contributed by atoms with van der Waals surface area (Å²) in [6, 6.07) is 3.53. The number of carbonyl (C=O) groups is 1. The van der Waals surface area contributed by atoms with Gasteiger partial charge in [-0.1, -0.05) is 6.92 Å². The summed E-state index contributed by atoms with van der Waals surface area (Å²) >= 11 is 0. The van der Waals surface area contributed by atoms with Gasteiger partial charge in [0.15, 0.2) is 17.6 Å². The summed E-state index contributed by atoms with van der Waals surface area (Å²) in [6.07, 6.45) is -1.16. The Morgan fingerprint density at radius 3 is 2.64 bits per heavy atom. The minimum Gasteiger partial charge on any atom is -0.355 e. The first-order valence-corrected chi connectivity index (χ1v) is 9.92. The van der Waals surface area contributed by atoms with Gasteiger partial charge < -0.3 is 10.2 Å². The summed E-state index contributed by atoms with van der Waals surface area (Å²) in [5.41, 5.74) is 0.752. The summed E-state index contributed by atoms with van der Waals surface area (Å²) in [5.74, 6) is 2.21. The molecule has 10 heteroatoms. The van der Waals surface area contributed by atoms with E-state index in [1.165, 1.54) is 0 Å². The number of aromatic nitrogens is 4. The molecule has 0 saturated carbocycles. The summed E-state index contributed by atoms with van der Waals surface area (Å²) in [4.78, 5) is 16.5. The number of likely N-dealkylation sites (tertiary alicyclic amines) is 1. The van der Waals surface area contributed by atoms with E-state index in [4.69, 9.17) is 0 Å². The van der Waals surface area contributed by atoms with Crippen molar-refractivity contribution in [3.05, 3.63) is 18.0 Å². The Labute approximate surface area is 162 Å². The normalized spacial score (nSPS) is 33.5. The number of anilines is 1. The Morgan fingerprint density at radius 1 is 1.18 bits per heavy atom. The maximum Gasteiger partial charge on any atom is 0.258 e. The zero-order valence-corrected chi connectivity index (χ0v) is 16.0. The van der Waals surface area contributed by atoms with Crippen LogP contribution in [0.15, 0.2) is 12.1 Å². The zero-order valence-electron chi connectivity index (χ0n) is 16.0. The maximum absolute atomic E-state index is 14.0. The van der Waals surface area contributed by atoms with Crippen LogP contribution in [0, 0.1) is 18.8 Å². The van der Waals surface area contributed by atoms with Crippen LogP contribution in [0.5, 0.6) is 0 Å². The van der Waals surface area contributed by atoms with E-state index < -0.39 is 18.1 Å². The van der Waals surface area contributed by atoms with E-state index in [-0.39, 0.29) is 6.29 Å². The van der Waals surface area contributed by atoms with Crippen LogP contribution in [0.4, 0.5) is 10.2 Å². The molecule has 0 spiro atoms. The van der Waals surface area contributed by atoms with Crippen molar-refractivity contribution in [2.75, 3.05) is 31.1 Å². The zero-order chi connectivity index (χ0) is 19.4. The number of fused-ring (bicyclic) bond motifs is 2. The van der Waals surface area contributed by atoms with Crippen molar-refractivity contribution in [2.45, 2.75) is 38.8 Å². The van der Waals surface area contributed by atoms with Crippen LogP contribution in [0.2, 0.25) is 0 Å². The van der Waals surface area contributed by atoms with Crippen LogP contribution in [-0.2, 0) is 4.79 Å². The highest BCUT2D eigenvalue weighted by Crippen LogP contribution is 2.34. The van der Waals surface area contributed by atoms with Crippen molar-refractivity contribution < 1.29 is 9.18 Å². The molecule has 0 radical (unpaired) electrons. The van der Waals surface area contributed by atoms with Gasteiger partial charge in [-0.25, -0.2) is 4.39 Å². The highest BCUT2D eigenvalue weighted by atomic mass is 19.1. The van der Waals surface area contributed by atoms with Gasteiger partial charge in [0.2, 0.25) is 0 Å². The number of amides is 1. The average molecular weight is 388 g/mol. The molecule has 1 amide bonds. The van der Waals surface area contributed by atoms with E-state index >= 15 is 0 Å². The lowest BCUT2D eigenvalue weighted by Gasteiger charge is -2.38. The van der Waals surface area contributed by atoms with E-state index in [2.05, 4.69) is 35.7 Å². The average Bonchev–Trinajstić information content (AvgIpc) is 3.37.